The highest BCUT2D eigenvalue weighted by Gasteiger charge is 2.26. The van der Waals surface area contributed by atoms with Crippen molar-refractivity contribution in [3.63, 3.8) is 0 Å². The number of rotatable bonds is 5. The minimum Gasteiger partial charge on any atom is -0.444 e. The Labute approximate surface area is 132 Å². The number of carbonyl (C=O) groups excluding carboxylic acids is 2. The molecule has 0 radical (unpaired) electrons. The fourth-order valence-electron chi connectivity index (χ4n) is 1.81. The summed E-state index contributed by atoms with van der Waals surface area (Å²) in [5, 5.41) is 2.59. The van der Waals surface area contributed by atoms with Crippen molar-refractivity contribution in [2.75, 3.05) is 0 Å². The van der Waals surface area contributed by atoms with Crippen molar-refractivity contribution < 1.29 is 19.1 Å². The van der Waals surface area contributed by atoms with E-state index in [0.717, 1.165) is 0 Å². The van der Waals surface area contributed by atoms with E-state index in [1.165, 1.54) is 0 Å². The van der Waals surface area contributed by atoms with E-state index in [4.69, 9.17) is 9.47 Å². The molecule has 1 aromatic rings. The summed E-state index contributed by atoms with van der Waals surface area (Å²) in [5.41, 5.74) is -0.615. The van der Waals surface area contributed by atoms with Gasteiger partial charge in [-0.1, -0.05) is 32.0 Å². The summed E-state index contributed by atoms with van der Waals surface area (Å²) in [6.07, 6.45) is -0.145. The van der Waals surface area contributed by atoms with Gasteiger partial charge in [-0.3, -0.25) is 0 Å². The molecule has 0 saturated carbocycles. The number of esters is 1. The second-order valence-electron chi connectivity index (χ2n) is 6.56. The summed E-state index contributed by atoms with van der Waals surface area (Å²) in [7, 11) is 0. The Hall–Kier alpha value is -2.04. The second-order valence-corrected chi connectivity index (χ2v) is 6.56. The van der Waals surface area contributed by atoms with Gasteiger partial charge in [0, 0.05) is 0 Å². The number of ether oxygens (including phenoxy) is 2. The summed E-state index contributed by atoms with van der Waals surface area (Å²) in [6, 6.07) is 8.04. The van der Waals surface area contributed by atoms with Gasteiger partial charge in [-0.25, -0.2) is 9.59 Å². The number of hydrogen-bond acceptors (Lipinski definition) is 4. The zero-order valence-electron chi connectivity index (χ0n) is 13.9. The van der Waals surface area contributed by atoms with Crippen LogP contribution in [-0.2, 0) is 9.53 Å². The molecular weight excluding hydrogens is 282 g/mol. The largest absolute Gasteiger partial charge is 0.444 e. The molecule has 0 aliphatic rings. The molecule has 0 fully saturated rings. The SMILES string of the molecule is CC(C)C[C@H](NC(=O)OC(C)(C)C)C(=O)Oc1ccccc1. The van der Waals surface area contributed by atoms with Crippen LogP contribution >= 0.6 is 0 Å². The minimum atomic E-state index is -0.741. The minimum absolute atomic E-state index is 0.225. The van der Waals surface area contributed by atoms with Crippen molar-refractivity contribution in [2.45, 2.75) is 52.7 Å². The summed E-state index contributed by atoms with van der Waals surface area (Å²) in [4.78, 5) is 24.1. The van der Waals surface area contributed by atoms with Crippen LogP contribution in [0, 0.1) is 5.92 Å². The quantitative estimate of drug-likeness (QED) is 0.667. The van der Waals surface area contributed by atoms with Crippen LogP contribution in [0.25, 0.3) is 0 Å². The van der Waals surface area contributed by atoms with Crippen LogP contribution in [0.4, 0.5) is 4.79 Å². The normalized spacial score (nSPS) is 12.6. The Morgan fingerprint density at radius 2 is 1.73 bits per heavy atom. The molecule has 1 N–H and O–H groups in total. The van der Waals surface area contributed by atoms with Crippen LogP contribution < -0.4 is 10.1 Å². The molecule has 0 heterocycles. The lowest BCUT2D eigenvalue weighted by Crippen LogP contribution is -2.45. The van der Waals surface area contributed by atoms with Crippen molar-refractivity contribution in [1.82, 2.24) is 5.32 Å². The summed E-state index contributed by atoms with van der Waals surface area (Å²) in [6.45, 7) is 9.25. The lowest BCUT2D eigenvalue weighted by Gasteiger charge is -2.23. The first-order valence-corrected chi connectivity index (χ1v) is 7.43. The first-order valence-electron chi connectivity index (χ1n) is 7.43. The first-order chi connectivity index (χ1) is 10.2. The molecular formula is C17H25NO4. The molecule has 22 heavy (non-hydrogen) atoms. The van der Waals surface area contributed by atoms with Gasteiger partial charge in [0.1, 0.15) is 17.4 Å². The maximum absolute atomic E-state index is 12.3. The molecule has 1 amide bonds. The van der Waals surface area contributed by atoms with E-state index in [-0.39, 0.29) is 5.92 Å². The average molecular weight is 307 g/mol. The molecule has 5 nitrogen and oxygen atoms in total. The highest BCUT2D eigenvalue weighted by atomic mass is 16.6. The van der Waals surface area contributed by atoms with Gasteiger partial charge in [0.25, 0.3) is 0 Å². The number of nitrogens with one attached hydrogen (secondary N) is 1. The highest BCUT2D eigenvalue weighted by Crippen LogP contribution is 2.13. The van der Waals surface area contributed by atoms with Crippen molar-refractivity contribution in [3.8, 4) is 5.75 Å². The van der Waals surface area contributed by atoms with E-state index in [0.29, 0.717) is 12.2 Å². The first kappa shape index (κ1) is 18.0. The molecule has 5 heteroatoms. The molecule has 0 bridgehead atoms. The number of alkyl carbamates (subject to hydrolysis) is 1. The standard InChI is InChI=1S/C17H25NO4/c1-12(2)11-14(18-16(20)22-17(3,4)5)15(19)21-13-9-7-6-8-10-13/h6-10,12,14H,11H2,1-5H3,(H,18,20)/t14-/m0/s1. The van der Waals surface area contributed by atoms with E-state index in [2.05, 4.69) is 5.32 Å². The lowest BCUT2D eigenvalue weighted by atomic mass is 10.0. The fraction of sp³-hybridized carbons (Fsp3) is 0.529. The second kappa shape index (κ2) is 7.82. The molecule has 0 unspecified atom stereocenters. The van der Waals surface area contributed by atoms with Crippen molar-refractivity contribution in [2.24, 2.45) is 5.92 Å². The van der Waals surface area contributed by atoms with E-state index < -0.39 is 23.7 Å². The average Bonchev–Trinajstić information content (AvgIpc) is 2.36. The Balaban J connectivity index is 2.71. The van der Waals surface area contributed by atoms with Gasteiger partial charge in [-0.15, -0.1) is 0 Å². The third-order valence-electron chi connectivity index (χ3n) is 2.64. The lowest BCUT2D eigenvalue weighted by molar-refractivity contribution is -0.137. The number of carbonyl (C=O) groups is 2. The van der Waals surface area contributed by atoms with Gasteiger partial charge in [0.05, 0.1) is 0 Å². The predicted molar refractivity (Wildman–Crippen MR) is 84.7 cm³/mol. The maximum Gasteiger partial charge on any atom is 0.408 e. The smallest absolute Gasteiger partial charge is 0.408 e. The van der Waals surface area contributed by atoms with Crippen molar-refractivity contribution in [1.29, 1.82) is 0 Å². The molecule has 122 valence electrons. The Kier molecular flexibility index (Phi) is 6.40. The number of benzene rings is 1. The van der Waals surface area contributed by atoms with Gasteiger partial charge in [-0.05, 0) is 45.2 Å². The fourth-order valence-corrected chi connectivity index (χ4v) is 1.81. The molecule has 0 spiro atoms. The Morgan fingerprint density at radius 3 is 2.23 bits per heavy atom. The number of para-hydroxylation sites is 1. The van der Waals surface area contributed by atoms with Crippen molar-refractivity contribution in [3.05, 3.63) is 30.3 Å². The molecule has 1 atom stereocenters. The topological polar surface area (TPSA) is 64.6 Å². The molecule has 0 saturated heterocycles. The summed E-state index contributed by atoms with van der Waals surface area (Å²) < 4.78 is 10.5. The van der Waals surface area contributed by atoms with Crippen molar-refractivity contribution >= 4 is 12.1 Å². The number of hydrogen-bond donors (Lipinski definition) is 1. The molecule has 0 aromatic heterocycles. The van der Waals surface area contributed by atoms with E-state index >= 15 is 0 Å². The Bertz CT molecular complexity index is 491. The van der Waals surface area contributed by atoms with Crippen LogP contribution in [0.2, 0.25) is 0 Å². The highest BCUT2D eigenvalue weighted by molar-refractivity contribution is 5.83. The maximum atomic E-state index is 12.3. The van der Waals surface area contributed by atoms with E-state index in [9.17, 15) is 9.59 Å². The van der Waals surface area contributed by atoms with Crippen LogP contribution in [0.3, 0.4) is 0 Å². The molecule has 1 rings (SSSR count). The summed E-state index contributed by atoms with van der Waals surface area (Å²) >= 11 is 0. The molecule has 0 aliphatic carbocycles. The third kappa shape index (κ3) is 7.11. The predicted octanol–water partition coefficient (Wildman–Crippen LogP) is 3.53. The molecule has 1 aromatic carbocycles. The zero-order chi connectivity index (χ0) is 16.8. The number of amides is 1. The van der Waals surface area contributed by atoms with E-state index in [1.807, 2.05) is 19.9 Å². The third-order valence-corrected chi connectivity index (χ3v) is 2.64. The van der Waals surface area contributed by atoms with Gasteiger partial charge < -0.3 is 14.8 Å². The van der Waals surface area contributed by atoms with E-state index in [1.54, 1.807) is 45.0 Å². The van der Waals surface area contributed by atoms with Gasteiger partial charge in [0.2, 0.25) is 0 Å². The van der Waals surface area contributed by atoms with Crippen LogP contribution in [0.5, 0.6) is 5.75 Å². The van der Waals surface area contributed by atoms with Crippen LogP contribution in [0.1, 0.15) is 41.0 Å². The zero-order valence-corrected chi connectivity index (χ0v) is 13.9. The molecule has 0 aliphatic heterocycles. The van der Waals surface area contributed by atoms with Gasteiger partial charge in [0.15, 0.2) is 0 Å². The Morgan fingerprint density at radius 1 is 1.14 bits per heavy atom. The van der Waals surface area contributed by atoms with Gasteiger partial charge in [-0.2, -0.15) is 0 Å². The van der Waals surface area contributed by atoms with Crippen LogP contribution in [-0.4, -0.2) is 23.7 Å². The summed E-state index contributed by atoms with van der Waals surface area (Å²) in [5.74, 6) is 0.182. The van der Waals surface area contributed by atoms with Gasteiger partial charge >= 0.3 is 12.1 Å². The van der Waals surface area contributed by atoms with Crippen LogP contribution in [0.15, 0.2) is 30.3 Å². The monoisotopic (exact) mass is 307 g/mol.